The number of carboxylic acids is 1. The molecule has 0 saturated carbocycles. The number of hydrogen-bond acceptors (Lipinski definition) is 7. The molecule has 1 aliphatic rings. The number of carboxylic acid groups (broad SMARTS) is 1. The minimum atomic E-state index is -1.10. The van der Waals surface area contributed by atoms with Crippen molar-refractivity contribution in [3.8, 4) is 17.2 Å². The van der Waals surface area contributed by atoms with Crippen molar-refractivity contribution < 1.29 is 33.7 Å². The van der Waals surface area contributed by atoms with Gasteiger partial charge in [-0.15, -0.1) is 0 Å². The second kappa shape index (κ2) is 11.7. The fraction of sp³-hybridized carbons (Fsp3) is 0.192. The van der Waals surface area contributed by atoms with Crippen LogP contribution in [0.4, 0.5) is 4.79 Å². The zero-order chi connectivity index (χ0) is 25.7. The molecule has 0 radical (unpaired) electrons. The van der Waals surface area contributed by atoms with Crippen LogP contribution < -0.4 is 14.2 Å². The van der Waals surface area contributed by atoms with E-state index < -0.39 is 18.5 Å². The van der Waals surface area contributed by atoms with Crippen LogP contribution in [-0.2, 0) is 9.59 Å². The summed E-state index contributed by atoms with van der Waals surface area (Å²) in [5.41, 5.74) is 0.628. The molecule has 2 amide bonds. The van der Waals surface area contributed by atoms with E-state index in [0.717, 1.165) is 22.5 Å². The molecule has 36 heavy (non-hydrogen) atoms. The van der Waals surface area contributed by atoms with Crippen LogP contribution in [0.5, 0.6) is 17.2 Å². The highest BCUT2D eigenvalue weighted by molar-refractivity contribution is 14.1. The molecule has 0 aromatic heterocycles. The van der Waals surface area contributed by atoms with Gasteiger partial charge in [0.15, 0.2) is 18.1 Å². The summed E-state index contributed by atoms with van der Waals surface area (Å²) in [4.78, 5) is 37.8. The van der Waals surface area contributed by atoms with Crippen molar-refractivity contribution >= 4 is 68.3 Å². The molecule has 1 heterocycles. The molecule has 1 fully saturated rings. The second-order valence-electron chi connectivity index (χ2n) is 7.60. The number of amides is 2. The molecule has 0 unspecified atom stereocenters. The van der Waals surface area contributed by atoms with Crippen LogP contribution in [0.3, 0.4) is 0 Å². The molecule has 4 rings (SSSR count). The molecule has 8 nitrogen and oxygen atoms in total. The maximum absolute atomic E-state index is 13.0. The summed E-state index contributed by atoms with van der Waals surface area (Å²) in [7, 11) is 0. The van der Waals surface area contributed by atoms with Crippen LogP contribution in [0.25, 0.3) is 16.8 Å². The predicted octanol–water partition coefficient (Wildman–Crippen LogP) is 5.42. The van der Waals surface area contributed by atoms with E-state index in [0.29, 0.717) is 33.0 Å². The minimum Gasteiger partial charge on any atom is -0.491 e. The number of nitrogens with zero attached hydrogens (tertiary/aromatic N) is 1. The van der Waals surface area contributed by atoms with Gasteiger partial charge in [0, 0.05) is 5.39 Å². The van der Waals surface area contributed by atoms with Gasteiger partial charge in [0.2, 0.25) is 0 Å². The number of carbonyl (C=O) groups is 3. The van der Waals surface area contributed by atoms with Gasteiger partial charge in [0.25, 0.3) is 11.1 Å². The van der Waals surface area contributed by atoms with Gasteiger partial charge in [-0.3, -0.25) is 14.5 Å². The van der Waals surface area contributed by atoms with E-state index >= 15 is 0 Å². The number of thioether (sulfide) groups is 1. The second-order valence-corrected chi connectivity index (χ2v) is 9.76. The van der Waals surface area contributed by atoms with Crippen LogP contribution in [0, 0.1) is 3.57 Å². The van der Waals surface area contributed by atoms with Crippen molar-refractivity contribution in [3.63, 3.8) is 0 Å². The van der Waals surface area contributed by atoms with Gasteiger partial charge in [-0.1, -0.05) is 36.4 Å². The van der Waals surface area contributed by atoms with Crippen LogP contribution in [0.2, 0.25) is 0 Å². The van der Waals surface area contributed by atoms with Crippen LogP contribution >= 0.6 is 34.4 Å². The molecule has 186 valence electrons. The van der Waals surface area contributed by atoms with Gasteiger partial charge >= 0.3 is 5.97 Å². The zero-order valence-corrected chi connectivity index (χ0v) is 22.2. The molecule has 1 N–H and O–H groups in total. The Morgan fingerprint density at radius 1 is 1.06 bits per heavy atom. The number of imide groups is 1. The van der Waals surface area contributed by atoms with Crippen molar-refractivity contribution in [2.75, 3.05) is 26.4 Å². The van der Waals surface area contributed by atoms with E-state index in [1.165, 1.54) is 4.90 Å². The molecule has 0 spiro atoms. The molecular formula is C26H22INO7S. The summed E-state index contributed by atoms with van der Waals surface area (Å²) in [5, 5.41) is 10.6. The van der Waals surface area contributed by atoms with Crippen molar-refractivity contribution in [1.29, 1.82) is 0 Å². The SMILES string of the molecule is CCOc1cc(/C=C2\SC(=O)N(CCOc3cccc4ccccc34)C2=O)cc(I)c1OCC(=O)O. The van der Waals surface area contributed by atoms with E-state index in [1.54, 1.807) is 25.1 Å². The quantitative estimate of drug-likeness (QED) is 0.237. The van der Waals surface area contributed by atoms with Crippen molar-refractivity contribution in [1.82, 2.24) is 4.90 Å². The molecule has 0 aliphatic carbocycles. The Hall–Kier alpha value is -3.25. The summed E-state index contributed by atoms with van der Waals surface area (Å²) in [5.74, 6) is -0.129. The fourth-order valence-corrected chi connectivity index (χ4v) is 5.27. The Morgan fingerprint density at radius 3 is 2.61 bits per heavy atom. The van der Waals surface area contributed by atoms with E-state index in [2.05, 4.69) is 0 Å². The van der Waals surface area contributed by atoms with Gasteiger partial charge in [-0.05, 0) is 76.5 Å². The van der Waals surface area contributed by atoms with Gasteiger partial charge in [-0.25, -0.2) is 4.79 Å². The van der Waals surface area contributed by atoms with Gasteiger partial charge in [-0.2, -0.15) is 0 Å². The van der Waals surface area contributed by atoms with Crippen LogP contribution in [0.15, 0.2) is 59.5 Å². The Kier molecular flexibility index (Phi) is 8.36. The highest BCUT2D eigenvalue weighted by Crippen LogP contribution is 2.37. The minimum absolute atomic E-state index is 0.120. The summed E-state index contributed by atoms with van der Waals surface area (Å²) >= 11 is 2.87. The maximum atomic E-state index is 13.0. The smallest absolute Gasteiger partial charge is 0.341 e. The number of carbonyl (C=O) groups excluding carboxylic acids is 2. The Bertz CT molecular complexity index is 1350. The van der Waals surface area contributed by atoms with E-state index in [9.17, 15) is 14.4 Å². The number of rotatable bonds is 10. The third-order valence-corrected chi connectivity index (χ3v) is 6.87. The molecule has 0 bridgehead atoms. The number of halogens is 1. The lowest BCUT2D eigenvalue weighted by Gasteiger charge is -2.14. The molecule has 3 aromatic carbocycles. The first-order valence-corrected chi connectivity index (χ1v) is 12.9. The van der Waals surface area contributed by atoms with Crippen molar-refractivity contribution in [3.05, 3.63) is 68.6 Å². The Labute approximate surface area is 225 Å². The molecule has 1 aliphatic heterocycles. The first kappa shape index (κ1) is 25.8. The molecule has 10 heteroatoms. The average Bonchev–Trinajstić information content (AvgIpc) is 3.11. The number of hydrogen-bond donors (Lipinski definition) is 1. The van der Waals surface area contributed by atoms with Gasteiger partial charge < -0.3 is 19.3 Å². The topological polar surface area (TPSA) is 102 Å². The number of benzene rings is 3. The van der Waals surface area contributed by atoms with E-state index in [4.69, 9.17) is 19.3 Å². The summed E-state index contributed by atoms with van der Waals surface area (Å²) in [6.45, 7) is 1.92. The zero-order valence-electron chi connectivity index (χ0n) is 19.2. The van der Waals surface area contributed by atoms with Gasteiger partial charge in [0.05, 0.1) is 21.6 Å². The van der Waals surface area contributed by atoms with Crippen LogP contribution in [0.1, 0.15) is 12.5 Å². The highest BCUT2D eigenvalue weighted by Gasteiger charge is 2.35. The first-order chi connectivity index (χ1) is 17.4. The van der Waals surface area contributed by atoms with E-state index in [1.807, 2.05) is 65.1 Å². The third-order valence-electron chi connectivity index (χ3n) is 5.17. The third kappa shape index (κ3) is 5.93. The number of ether oxygens (including phenoxy) is 3. The molecule has 1 saturated heterocycles. The van der Waals surface area contributed by atoms with Crippen LogP contribution in [-0.4, -0.2) is 53.5 Å². The largest absolute Gasteiger partial charge is 0.491 e. The molecule has 0 atom stereocenters. The summed E-state index contributed by atoms with van der Waals surface area (Å²) < 4.78 is 17.5. The summed E-state index contributed by atoms with van der Waals surface area (Å²) in [6, 6.07) is 17.0. The average molecular weight is 619 g/mol. The number of fused-ring (bicyclic) bond motifs is 1. The van der Waals surface area contributed by atoms with Crippen molar-refractivity contribution in [2.24, 2.45) is 0 Å². The fourth-order valence-electron chi connectivity index (χ4n) is 3.62. The first-order valence-electron chi connectivity index (χ1n) is 11.0. The summed E-state index contributed by atoms with van der Waals surface area (Å²) in [6.07, 6.45) is 1.61. The lowest BCUT2D eigenvalue weighted by molar-refractivity contribution is -0.139. The standard InChI is InChI=1S/C26H22INO7S/c1-2-33-21-13-16(12-19(27)24(21)35-15-23(29)30)14-22-25(31)28(26(32)36-22)10-11-34-20-9-5-7-17-6-3-4-8-18(17)20/h3-9,12-14H,2,10-11,15H2,1H3,(H,29,30)/b22-14-. The monoisotopic (exact) mass is 619 g/mol. The van der Waals surface area contributed by atoms with Gasteiger partial charge in [0.1, 0.15) is 12.4 Å². The lowest BCUT2D eigenvalue weighted by Crippen LogP contribution is -2.32. The molecular weight excluding hydrogens is 597 g/mol. The Balaban J connectivity index is 1.47. The lowest BCUT2D eigenvalue weighted by atomic mass is 10.1. The highest BCUT2D eigenvalue weighted by atomic mass is 127. The number of aliphatic carboxylic acids is 1. The van der Waals surface area contributed by atoms with Crippen molar-refractivity contribution in [2.45, 2.75) is 6.92 Å². The maximum Gasteiger partial charge on any atom is 0.341 e. The normalized spacial score (nSPS) is 14.5. The predicted molar refractivity (Wildman–Crippen MR) is 146 cm³/mol. The van der Waals surface area contributed by atoms with E-state index in [-0.39, 0.29) is 23.3 Å². The Morgan fingerprint density at radius 2 is 1.83 bits per heavy atom. The molecule has 3 aromatic rings.